The van der Waals surface area contributed by atoms with Gasteiger partial charge in [-0.1, -0.05) is 0 Å². The molecule has 0 aliphatic heterocycles. The molecule has 0 aliphatic rings. The van der Waals surface area contributed by atoms with E-state index in [1.165, 1.54) is 0 Å². The summed E-state index contributed by atoms with van der Waals surface area (Å²) in [5.74, 6) is 0. The smallest absolute Gasteiger partial charge is 0.760 e. The van der Waals surface area contributed by atoms with Gasteiger partial charge >= 0.3 is 16.5 Å². The summed E-state index contributed by atoms with van der Waals surface area (Å²) in [5, 5.41) is 8.06. The average Bonchev–Trinajstić information content (AvgIpc) is 1.25. The van der Waals surface area contributed by atoms with Crippen LogP contribution in [0.2, 0.25) is 0 Å². The first kappa shape index (κ1) is 16.3. The number of rotatable bonds is 0. The quantitative estimate of drug-likeness (QED) is 0.343. The van der Waals surface area contributed by atoms with Crippen LogP contribution in [-0.2, 0) is 39.0 Å². The zero-order valence-electron chi connectivity index (χ0n) is 3.92. The molecule has 6 nitrogen and oxygen atoms in total. The van der Waals surface area contributed by atoms with E-state index in [1.807, 2.05) is 0 Å². The van der Waals surface area contributed by atoms with Crippen LogP contribution < -0.4 is 10.3 Å². The molecule has 0 fully saturated rings. The van der Waals surface area contributed by atoms with Crippen LogP contribution in [-0.4, -0.2) is 17.5 Å². The van der Waals surface area contributed by atoms with Gasteiger partial charge < -0.3 is 9.11 Å². The van der Waals surface area contributed by atoms with E-state index in [2.05, 4.69) is 10.3 Å². The summed E-state index contributed by atoms with van der Waals surface area (Å²) in [6.45, 7) is 0. The minimum Gasteiger partial charge on any atom is -0.760 e. The first-order valence-electron chi connectivity index (χ1n) is 1.14. The van der Waals surface area contributed by atoms with Gasteiger partial charge in [0.1, 0.15) is 0 Å². The van der Waals surface area contributed by atoms with Crippen LogP contribution in [0.4, 0.5) is 0 Å². The summed E-state index contributed by atoms with van der Waals surface area (Å²) in [6, 6.07) is 0. The molecule has 0 aromatic heterocycles. The molecule has 0 heterocycles. The van der Waals surface area contributed by atoms with Crippen LogP contribution in [0.15, 0.2) is 0 Å². The zero-order chi connectivity index (χ0) is 7.15. The first-order valence-corrected chi connectivity index (χ1v) is 3.41. The van der Waals surface area contributed by atoms with Crippen molar-refractivity contribution in [3.05, 3.63) is 0 Å². The van der Waals surface area contributed by atoms with E-state index in [-0.39, 0.29) is 16.5 Å². The molecule has 60 valence electrons. The molecule has 0 rings (SSSR count). The molecule has 4 N–H and O–H groups in total. The zero-order valence-corrected chi connectivity index (χ0v) is 6.54. The maximum atomic E-state index is 8.78. The minimum absolute atomic E-state index is 0. The molecule has 0 aromatic rings. The van der Waals surface area contributed by atoms with Gasteiger partial charge in [0, 0.05) is 22.5 Å². The predicted octanol–water partition coefficient (Wildman–Crippen LogP) is -2.52. The Kier molecular flexibility index (Phi) is 20.7. The van der Waals surface area contributed by atoms with Crippen molar-refractivity contribution in [1.82, 2.24) is 0 Å². The molecule has 0 saturated carbocycles. The van der Waals surface area contributed by atoms with E-state index in [0.717, 1.165) is 0 Å². The summed E-state index contributed by atoms with van der Waals surface area (Å²) in [5.41, 5.74) is 0. The molecule has 0 aliphatic carbocycles. The van der Waals surface area contributed by atoms with E-state index >= 15 is 0 Å². The fraction of sp³-hybridized carbons (Fsp3) is 0. The van der Waals surface area contributed by atoms with Crippen LogP contribution in [0, 0.1) is 0 Å². The normalized spacial score (nSPS) is 13.8. The van der Waals surface area contributed by atoms with Crippen molar-refractivity contribution in [3.8, 4) is 0 Å². The van der Waals surface area contributed by atoms with Crippen LogP contribution in [0.25, 0.3) is 0 Å². The second-order valence-corrected chi connectivity index (χ2v) is 1.56. The van der Waals surface area contributed by atoms with Crippen LogP contribution in [0.3, 0.4) is 0 Å². The van der Waals surface area contributed by atoms with E-state index in [1.54, 1.807) is 0 Å². The second kappa shape index (κ2) is 11.4. The van der Waals surface area contributed by atoms with Gasteiger partial charge in [-0.15, -0.1) is 0 Å². The molecule has 2 unspecified atom stereocenters. The Morgan fingerprint density at radius 3 is 1.00 bits per heavy atom. The fourth-order valence-corrected chi connectivity index (χ4v) is 0. The predicted molar refractivity (Wildman–Crippen MR) is 26.2 cm³/mol. The van der Waals surface area contributed by atoms with Crippen molar-refractivity contribution in [2.24, 2.45) is 10.3 Å². The van der Waals surface area contributed by atoms with Gasteiger partial charge in [0.15, 0.2) is 0 Å². The van der Waals surface area contributed by atoms with Gasteiger partial charge in [0.05, 0.1) is 0 Å². The van der Waals surface area contributed by atoms with Crippen molar-refractivity contribution in [2.75, 3.05) is 0 Å². The average molecular weight is 219 g/mol. The third kappa shape index (κ3) is 947. The van der Waals surface area contributed by atoms with E-state index in [4.69, 9.17) is 17.5 Å². The summed E-state index contributed by atoms with van der Waals surface area (Å²) < 4.78 is 35.1. The van der Waals surface area contributed by atoms with E-state index in [0.29, 0.717) is 0 Å². The summed E-state index contributed by atoms with van der Waals surface area (Å²) >= 11 is -4.72. The van der Waals surface area contributed by atoms with Crippen molar-refractivity contribution >= 4 is 22.5 Å². The Balaban J connectivity index is -0.0000000720. The van der Waals surface area contributed by atoms with Gasteiger partial charge in [-0.3, -0.25) is 18.7 Å². The SMILES string of the molecule is NS(=O)[O-].NS(=O)[O-].[Ni+2]. The van der Waals surface area contributed by atoms with E-state index < -0.39 is 22.5 Å². The Morgan fingerprint density at radius 1 is 1.00 bits per heavy atom. The molecule has 9 heavy (non-hydrogen) atoms. The molecular weight excluding hydrogens is 215 g/mol. The van der Waals surface area contributed by atoms with Crippen molar-refractivity contribution in [1.29, 1.82) is 0 Å². The first-order chi connectivity index (χ1) is 3.46. The summed E-state index contributed by atoms with van der Waals surface area (Å²) in [4.78, 5) is 0. The largest absolute Gasteiger partial charge is 2.00 e. The molecule has 0 bridgehead atoms. The van der Waals surface area contributed by atoms with Crippen LogP contribution >= 0.6 is 0 Å². The molecule has 0 spiro atoms. The molecule has 2 atom stereocenters. The van der Waals surface area contributed by atoms with Crippen molar-refractivity contribution in [2.45, 2.75) is 0 Å². The van der Waals surface area contributed by atoms with Crippen LogP contribution in [0.1, 0.15) is 0 Å². The van der Waals surface area contributed by atoms with Crippen molar-refractivity contribution in [3.63, 3.8) is 0 Å². The number of hydrogen-bond acceptors (Lipinski definition) is 4. The monoisotopic (exact) mass is 218 g/mol. The van der Waals surface area contributed by atoms with E-state index in [9.17, 15) is 0 Å². The molecule has 0 radical (unpaired) electrons. The van der Waals surface area contributed by atoms with Crippen LogP contribution in [0.5, 0.6) is 0 Å². The molecule has 0 saturated heterocycles. The van der Waals surface area contributed by atoms with Gasteiger partial charge in [-0.2, -0.15) is 0 Å². The Morgan fingerprint density at radius 2 is 1.00 bits per heavy atom. The molecule has 9 heteroatoms. The fourth-order valence-electron chi connectivity index (χ4n) is 0. The maximum absolute atomic E-state index is 8.78. The second-order valence-electron chi connectivity index (χ2n) is 0.521. The Bertz CT molecular complexity index is 74.6. The topological polar surface area (TPSA) is 132 Å². The third-order valence-corrected chi connectivity index (χ3v) is 0. The summed E-state index contributed by atoms with van der Waals surface area (Å²) in [6.07, 6.45) is 0. The molecular formula is H4N2NiO4S2. The Hall–Kier alpha value is 0.634. The standard InChI is InChI=1S/2H3NO2S.Ni/c2*1-4(2)3;/h2*1H2,(H,2,3);/q;;+2/p-2. The molecule has 0 amide bonds. The van der Waals surface area contributed by atoms with Crippen molar-refractivity contribution < 1.29 is 34.0 Å². The van der Waals surface area contributed by atoms with Gasteiger partial charge in [-0.05, 0) is 0 Å². The van der Waals surface area contributed by atoms with Gasteiger partial charge in [-0.25, -0.2) is 0 Å². The maximum Gasteiger partial charge on any atom is 2.00 e. The van der Waals surface area contributed by atoms with Gasteiger partial charge in [0.2, 0.25) is 0 Å². The number of nitrogens with two attached hydrogens (primary N) is 2. The Labute approximate surface area is 67.1 Å². The number of hydrogen-bond donors (Lipinski definition) is 2. The molecule has 0 aromatic carbocycles. The summed E-state index contributed by atoms with van der Waals surface area (Å²) in [7, 11) is 0. The minimum atomic E-state index is -2.36. The third-order valence-electron chi connectivity index (χ3n) is 0. The van der Waals surface area contributed by atoms with Gasteiger partial charge in [0.25, 0.3) is 0 Å².